The lowest BCUT2D eigenvalue weighted by Gasteiger charge is -2.16. The number of aliphatic hydroxyl groups is 9. The molecule has 562 valence electrons. The predicted molar refractivity (Wildman–Crippen MR) is 333 cm³/mol. The van der Waals surface area contributed by atoms with Gasteiger partial charge >= 0.3 is 64.5 Å². The number of carbonyl (C=O) groups excluding carboxylic acids is 8. The summed E-state index contributed by atoms with van der Waals surface area (Å²) >= 11 is 4.81. The average Bonchev–Trinajstić information content (AvgIpc) is 1.70. The third-order valence-electron chi connectivity index (χ3n) is 14.1. The molecule has 0 saturated carbocycles. The van der Waals surface area contributed by atoms with E-state index < -0.39 is 175 Å². The summed E-state index contributed by atoms with van der Waals surface area (Å²) in [5.74, 6) is -4.27. The highest BCUT2D eigenvalue weighted by molar-refractivity contribution is 6.64. The SMILES string of the molecule is C.COC(=O)CC(=O)Cl.COC(=O)CCC(=O)OC[C@H]1O[C@@H](n2ccc(N)nc2=O)[C@@H](O)[C@@H]1O.COC(=O)CCC(=O)OC[C@H]1O[C@@H](n2ccc(N)nc2=O)[C@@H](O)[C@@H]1O.COC(=O)CCC(=O)OC[C@H]1O[C@@H](n2ccc(N)nc2=O)[C@@H](O)[C@@H]1O.Nc1ccn([C@@H]2O[C@H](CO)[C@@H](O)[C@@H]2O)c(=O)n1. The van der Waals surface area contributed by atoms with Crippen molar-refractivity contribution in [3.63, 3.8) is 0 Å². The van der Waals surface area contributed by atoms with Gasteiger partial charge in [-0.15, -0.1) is 0 Å². The van der Waals surface area contributed by atoms with Crippen LogP contribution in [0.15, 0.2) is 68.2 Å². The van der Waals surface area contributed by atoms with Crippen LogP contribution >= 0.6 is 11.6 Å². The van der Waals surface area contributed by atoms with E-state index in [0.717, 1.165) is 18.3 Å². The third-order valence-corrected chi connectivity index (χ3v) is 14.2. The van der Waals surface area contributed by atoms with Gasteiger partial charge in [0, 0.05) is 24.8 Å². The van der Waals surface area contributed by atoms with Crippen LogP contribution in [0.1, 0.15) is 77.3 Å². The van der Waals surface area contributed by atoms with Gasteiger partial charge in [0.1, 0.15) is 123 Å². The molecule has 8 heterocycles. The lowest BCUT2D eigenvalue weighted by molar-refractivity contribution is -0.153. The predicted octanol–water partition coefficient (Wildman–Crippen LogP) is -7.79. The first kappa shape index (κ1) is 85.7. The number of rotatable bonds is 22. The Labute approximate surface area is 574 Å². The molecular weight excluding hydrogens is 1390 g/mol. The summed E-state index contributed by atoms with van der Waals surface area (Å²) in [4.78, 5) is 148. The van der Waals surface area contributed by atoms with Crippen molar-refractivity contribution in [3.8, 4) is 0 Å². The second kappa shape index (κ2) is 41.3. The van der Waals surface area contributed by atoms with Crippen molar-refractivity contribution >= 4 is 81.9 Å². The smallest absolute Gasteiger partial charge is 0.351 e. The van der Waals surface area contributed by atoms with Crippen LogP contribution in [0.3, 0.4) is 0 Å². The van der Waals surface area contributed by atoms with E-state index in [1.807, 2.05) is 0 Å². The largest absolute Gasteiger partial charge is 0.469 e. The Kier molecular flexibility index (Phi) is 35.0. The monoisotopic (exact) mass is 1470 g/mol. The van der Waals surface area contributed by atoms with Gasteiger partial charge in [0.25, 0.3) is 0 Å². The number of halogens is 1. The molecule has 4 fully saturated rings. The van der Waals surface area contributed by atoms with Gasteiger partial charge < -0.3 is 121 Å². The van der Waals surface area contributed by atoms with Crippen molar-refractivity contribution in [2.45, 2.75) is 151 Å². The molecule has 16 atom stereocenters. The lowest BCUT2D eigenvalue weighted by atomic mass is 10.1. The molecule has 0 spiro atoms. The Morgan fingerprint density at radius 3 is 0.802 bits per heavy atom. The number of aliphatic hydroxyl groups excluding tert-OH is 9. The zero-order valence-electron chi connectivity index (χ0n) is 53.3. The summed E-state index contributed by atoms with van der Waals surface area (Å²) in [6.45, 7) is -1.52. The number of aromatic nitrogens is 8. The number of nitrogens with two attached hydrogens (primary N) is 4. The minimum Gasteiger partial charge on any atom is -0.469 e. The van der Waals surface area contributed by atoms with Crippen molar-refractivity contribution < 1.29 is 136 Å². The van der Waals surface area contributed by atoms with Gasteiger partial charge in [-0.2, -0.15) is 19.9 Å². The Balaban J connectivity index is 0.000000339. The van der Waals surface area contributed by atoms with Crippen LogP contribution < -0.4 is 45.7 Å². The molecule has 0 amide bonds. The molecule has 0 aliphatic carbocycles. The highest BCUT2D eigenvalue weighted by Crippen LogP contribution is 2.32. The summed E-state index contributed by atoms with van der Waals surface area (Å²) in [6.07, 6.45) is -16.0. The quantitative estimate of drug-likeness (QED) is 0.0150. The van der Waals surface area contributed by atoms with E-state index in [2.05, 4.69) is 38.9 Å². The summed E-state index contributed by atoms with van der Waals surface area (Å²) in [5.41, 5.74) is 18.5. The van der Waals surface area contributed by atoms with E-state index in [0.29, 0.717) is 0 Å². The van der Waals surface area contributed by atoms with Gasteiger partial charge in [-0.3, -0.25) is 56.6 Å². The van der Waals surface area contributed by atoms with Gasteiger partial charge in [0.05, 0.1) is 73.6 Å². The zero-order valence-corrected chi connectivity index (χ0v) is 54.1. The van der Waals surface area contributed by atoms with Crippen LogP contribution in [0.2, 0.25) is 0 Å². The summed E-state index contributed by atoms with van der Waals surface area (Å²) < 4.78 is 57.4. The summed E-state index contributed by atoms with van der Waals surface area (Å²) in [7, 11) is 4.80. The maximum Gasteiger partial charge on any atom is 0.351 e. The number of nitrogens with zero attached hydrogens (tertiary/aromatic N) is 8. The van der Waals surface area contributed by atoms with Gasteiger partial charge in [-0.25, -0.2) is 19.2 Å². The minimum absolute atomic E-state index is 0. The fraction of sp³-hybridized carbons (Fsp3) is 0.571. The van der Waals surface area contributed by atoms with E-state index in [4.69, 9.17) is 72.8 Å². The Morgan fingerprint density at radius 2 is 0.614 bits per heavy atom. The van der Waals surface area contributed by atoms with Crippen LogP contribution in [0.25, 0.3) is 0 Å². The first-order valence-corrected chi connectivity index (χ1v) is 29.6. The molecule has 0 unspecified atom stereocenters. The number of hydrogen-bond acceptors (Lipinski definition) is 40. The zero-order chi connectivity index (χ0) is 74.8. The number of hydrogen-bond donors (Lipinski definition) is 13. The topological polar surface area (TPSA) is 664 Å². The standard InChI is InChI=1S/3C14H19N3O8.C9H13N3O5.C4H5ClO3.CH4/c3*1-23-9(18)2-3-10(19)24-6-7-11(20)12(21)13(25-7)17-5-4-8(15)16-14(17)22;10-5-1-2-12(9(16)11-5)8-7(15)6(14)4(3-13)17-8;1-8-4(7)2-3(5)6;/h3*4-5,7,11-13,20-21H,2-3,6H2,1H3,(H2,15,16,22);1-2,4,6-8,13-15H,3H2,(H2,10,11,16);2H2,1H3;1H4/t3*7-,11-,12+,13-;4-,6-,7+,8-;;/m1111../s1. The molecule has 4 aromatic heterocycles. The van der Waals surface area contributed by atoms with Gasteiger partial charge in [0.15, 0.2) is 24.9 Å². The first-order valence-electron chi connectivity index (χ1n) is 29.2. The average molecular weight is 1470 g/mol. The molecule has 17 N–H and O–H groups in total. The molecule has 0 radical (unpaired) electrons. The normalized spacial score (nSPS) is 25.2. The highest BCUT2D eigenvalue weighted by Gasteiger charge is 2.48. The maximum absolute atomic E-state index is 11.8. The molecule has 8 rings (SSSR count). The molecule has 4 aliphatic rings. The lowest BCUT2D eigenvalue weighted by Crippen LogP contribution is -2.36. The fourth-order valence-electron chi connectivity index (χ4n) is 8.72. The molecule has 101 heavy (non-hydrogen) atoms. The van der Waals surface area contributed by atoms with E-state index in [-0.39, 0.29) is 95.5 Å². The van der Waals surface area contributed by atoms with Crippen molar-refractivity contribution in [1.82, 2.24) is 38.2 Å². The van der Waals surface area contributed by atoms with Crippen molar-refractivity contribution in [1.29, 1.82) is 0 Å². The highest BCUT2D eigenvalue weighted by atomic mass is 35.5. The number of esters is 7. The Bertz CT molecular complexity index is 3400. The molecule has 4 saturated heterocycles. The van der Waals surface area contributed by atoms with Crippen LogP contribution in [-0.4, -0.2) is 259 Å². The van der Waals surface area contributed by atoms with Crippen molar-refractivity contribution in [3.05, 3.63) is 91.0 Å². The third kappa shape index (κ3) is 25.5. The molecule has 45 heteroatoms. The number of nitrogen functional groups attached to an aromatic ring is 4. The molecular formula is C56H79ClN12O32. The van der Waals surface area contributed by atoms with Gasteiger partial charge in [-0.05, 0) is 35.9 Å². The van der Waals surface area contributed by atoms with E-state index in [1.54, 1.807) is 0 Å². The van der Waals surface area contributed by atoms with Gasteiger partial charge in [-0.1, -0.05) is 7.43 Å². The van der Waals surface area contributed by atoms with Crippen molar-refractivity contribution in [2.75, 3.05) is 77.8 Å². The van der Waals surface area contributed by atoms with E-state index >= 15 is 0 Å². The van der Waals surface area contributed by atoms with Crippen molar-refractivity contribution in [2.24, 2.45) is 0 Å². The minimum atomic E-state index is -1.43. The van der Waals surface area contributed by atoms with Crippen LogP contribution in [0, 0.1) is 0 Å². The maximum atomic E-state index is 11.8. The number of anilines is 4. The molecule has 0 bridgehead atoms. The molecule has 4 aliphatic heterocycles. The van der Waals surface area contributed by atoms with E-state index in [9.17, 15) is 98.4 Å². The second-order valence-corrected chi connectivity index (χ2v) is 21.3. The van der Waals surface area contributed by atoms with Crippen LogP contribution in [0.5, 0.6) is 0 Å². The van der Waals surface area contributed by atoms with Gasteiger partial charge in [0.2, 0.25) is 5.24 Å². The Morgan fingerprint density at radius 1 is 0.396 bits per heavy atom. The fourth-order valence-corrected chi connectivity index (χ4v) is 8.83. The van der Waals surface area contributed by atoms with Crippen LogP contribution in [0.4, 0.5) is 23.3 Å². The second-order valence-electron chi connectivity index (χ2n) is 20.9. The first-order chi connectivity index (χ1) is 47.2. The summed E-state index contributed by atoms with van der Waals surface area (Å²) in [6, 6.07) is 5.38. The number of carbonyl (C=O) groups is 8. The molecule has 44 nitrogen and oxygen atoms in total. The summed E-state index contributed by atoms with van der Waals surface area (Å²) in [5, 5.41) is 87.6. The molecule has 4 aromatic rings. The van der Waals surface area contributed by atoms with E-state index in [1.165, 1.54) is 77.5 Å². The van der Waals surface area contributed by atoms with Crippen LogP contribution in [-0.2, 0) is 90.5 Å². The Hall–Kier alpha value is -9.55. The number of ether oxygens (including phenoxy) is 11. The number of methoxy groups -OCH3 is 4. The molecule has 0 aromatic carbocycles.